The lowest BCUT2D eigenvalue weighted by Crippen LogP contribution is -2.39. The molecule has 1 aromatic heterocycles. The molecule has 0 radical (unpaired) electrons. The largest absolute Gasteiger partial charge is 0.325 e. The second-order valence-electron chi connectivity index (χ2n) is 7.36. The average molecular weight is 457 g/mol. The van der Waals surface area contributed by atoms with Crippen LogP contribution in [0.1, 0.15) is 25.7 Å². The lowest BCUT2D eigenvalue weighted by molar-refractivity contribution is -0.119. The standard InChI is InChI=1S/C22H25FN6O2S/c1-14(28(3)4)19-26-27-22(29(19)18-12-10-16(23)11-13-18)32-15(2)20(30)25-21(31)24-17-8-6-5-7-9-17/h5-15H,1-4H3,(H2,24,25,30,31)/t14-,15+/m0/s1. The van der Waals surface area contributed by atoms with Gasteiger partial charge >= 0.3 is 6.03 Å². The summed E-state index contributed by atoms with van der Waals surface area (Å²) in [6.07, 6.45) is 0. The number of thioether (sulfide) groups is 1. The Kier molecular flexibility index (Phi) is 7.60. The molecular formula is C22H25FN6O2S. The highest BCUT2D eigenvalue weighted by molar-refractivity contribution is 8.00. The quantitative estimate of drug-likeness (QED) is 0.525. The predicted octanol–water partition coefficient (Wildman–Crippen LogP) is 3.86. The van der Waals surface area contributed by atoms with Crippen molar-refractivity contribution < 1.29 is 14.0 Å². The highest BCUT2D eigenvalue weighted by Crippen LogP contribution is 2.29. The van der Waals surface area contributed by atoms with Gasteiger partial charge in [-0.1, -0.05) is 30.0 Å². The second-order valence-corrected chi connectivity index (χ2v) is 8.67. The zero-order valence-corrected chi connectivity index (χ0v) is 19.1. The van der Waals surface area contributed by atoms with Crippen molar-refractivity contribution in [2.75, 3.05) is 19.4 Å². The van der Waals surface area contributed by atoms with Crippen molar-refractivity contribution >= 4 is 29.4 Å². The third kappa shape index (κ3) is 5.71. The minimum atomic E-state index is -0.637. The first-order chi connectivity index (χ1) is 15.3. The monoisotopic (exact) mass is 456 g/mol. The number of nitrogens with zero attached hydrogens (tertiary/aromatic N) is 4. The first kappa shape index (κ1) is 23.4. The molecule has 0 unspecified atom stereocenters. The van der Waals surface area contributed by atoms with Crippen LogP contribution >= 0.6 is 11.8 Å². The van der Waals surface area contributed by atoms with E-state index in [4.69, 9.17) is 0 Å². The summed E-state index contributed by atoms with van der Waals surface area (Å²) >= 11 is 1.16. The van der Waals surface area contributed by atoms with E-state index in [0.29, 0.717) is 22.4 Å². The van der Waals surface area contributed by atoms with E-state index in [2.05, 4.69) is 20.8 Å². The maximum atomic E-state index is 13.5. The number of para-hydroxylation sites is 1. The smallest absolute Gasteiger partial charge is 0.308 e. The number of carbonyl (C=O) groups excluding carboxylic acids is 2. The summed E-state index contributed by atoms with van der Waals surface area (Å²) in [5.41, 5.74) is 1.26. The number of amides is 3. The second kappa shape index (κ2) is 10.4. The van der Waals surface area contributed by atoms with Crippen LogP contribution in [-0.2, 0) is 4.79 Å². The molecule has 8 nitrogen and oxygen atoms in total. The average Bonchev–Trinajstić information content (AvgIpc) is 3.17. The molecule has 168 valence electrons. The molecule has 0 saturated carbocycles. The van der Waals surface area contributed by atoms with Crippen LogP contribution in [0.4, 0.5) is 14.9 Å². The van der Waals surface area contributed by atoms with Crippen molar-refractivity contribution in [3.05, 3.63) is 66.2 Å². The minimum absolute atomic E-state index is 0.0808. The van der Waals surface area contributed by atoms with Gasteiger partial charge in [0.2, 0.25) is 5.91 Å². The molecule has 0 aliphatic rings. The third-order valence-corrected chi connectivity index (χ3v) is 5.85. The van der Waals surface area contributed by atoms with Crippen LogP contribution in [0.25, 0.3) is 5.69 Å². The Morgan fingerprint density at radius 3 is 2.31 bits per heavy atom. The Morgan fingerprint density at radius 2 is 1.69 bits per heavy atom. The van der Waals surface area contributed by atoms with Gasteiger partial charge in [0.1, 0.15) is 5.82 Å². The van der Waals surface area contributed by atoms with Crippen molar-refractivity contribution in [2.24, 2.45) is 0 Å². The van der Waals surface area contributed by atoms with Crippen molar-refractivity contribution in [1.82, 2.24) is 25.0 Å². The van der Waals surface area contributed by atoms with Gasteiger partial charge in [-0.05, 0) is 64.3 Å². The molecule has 0 aliphatic heterocycles. The highest BCUT2D eigenvalue weighted by Gasteiger charge is 2.25. The minimum Gasteiger partial charge on any atom is -0.308 e. The summed E-state index contributed by atoms with van der Waals surface area (Å²) in [4.78, 5) is 26.7. The molecule has 0 aliphatic carbocycles. The molecule has 2 aromatic carbocycles. The van der Waals surface area contributed by atoms with E-state index in [0.717, 1.165) is 11.8 Å². The van der Waals surface area contributed by atoms with E-state index in [-0.39, 0.29) is 11.9 Å². The molecule has 3 aromatic rings. The first-order valence-corrected chi connectivity index (χ1v) is 10.9. The summed E-state index contributed by atoms with van der Waals surface area (Å²) in [5, 5.41) is 13.4. The molecule has 0 bridgehead atoms. The topological polar surface area (TPSA) is 92.2 Å². The molecule has 10 heteroatoms. The number of nitrogens with one attached hydrogen (secondary N) is 2. The first-order valence-electron chi connectivity index (χ1n) is 9.97. The van der Waals surface area contributed by atoms with Crippen LogP contribution in [0.15, 0.2) is 59.8 Å². The van der Waals surface area contributed by atoms with E-state index in [9.17, 15) is 14.0 Å². The Hall–Kier alpha value is -3.24. The van der Waals surface area contributed by atoms with E-state index in [1.807, 2.05) is 32.0 Å². The van der Waals surface area contributed by atoms with E-state index in [1.165, 1.54) is 12.1 Å². The van der Waals surface area contributed by atoms with Crippen molar-refractivity contribution in [3.8, 4) is 5.69 Å². The summed E-state index contributed by atoms with van der Waals surface area (Å²) in [6.45, 7) is 3.65. The number of anilines is 1. The molecule has 2 atom stereocenters. The maximum Gasteiger partial charge on any atom is 0.325 e. The summed E-state index contributed by atoms with van der Waals surface area (Å²) in [6, 6.07) is 14.1. The van der Waals surface area contributed by atoms with Gasteiger partial charge in [-0.2, -0.15) is 0 Å². The highest BCUT2D eigenvalue weighted by atomic mass is 32.2. The van der Waals surface area contributed by atoms with Crippen LogP contribution in [0, 0.1) is 5.82 Å². The van der Waals surface area contributed by atoms with Crippen molar-refractivity contribution in [3.63, 3.8) is 0 Å². The van der Waals surface area contributed by atoms with Crippen LogP contribution < -0.4 is 10.6 Å². The van der Waals surface area contributed by atoms with E-state index in [1.54, 1.807) is 47.9 Å². The molecule has 0 spiro atoms. The normalized spacial score (nSPS) is 12.9. The van der Waals surface area contributed by atoms with Crippen LogP contribution in [0.5, 0.6) is 0 Å². The van der Waals surface area contributed by atoms with Gasteiger partial charge in [0.05, 0.1) is 11.3 Å². The molecule has 3 rings (SSSR count). The third-order valence-electron chi connectivity index (χ3n) is 4.81. The number of benzene rings is 2. The van der Waals surface area contributed by atoms with Gasteiger partial charge in [0, 0.05) is 11.4 Å². The van der Waals surface area contributed by atoms with Gasteiger partial charge in [-0.25, -0.2) is 9.18 Å². The fourth-order valence-corrected chi connectivity index (χ4v) is 3.68. The Labute approximate surface area is 190 Å². The number of halogens is 1. The van der Waals surface area contributed by atoms with Gasteiger partial charge in [-0.15, -0.1) is 10.2 Å². The molecule has 3 amide bonds. The van der Waals surface area contributed by atoms with Gasteiger partial charge < -0.3 is 5.32 Å². The van der Waals surface area contributed by atoms with Gasteiger partial charge in [0.15, 0.2) is 11.0 Å². The number of hydrogen-bond acceptors (Lipinski definition) is 6. The van der Waals surface area contributed by atoms with Gasteiger partial charge in [-0.3, -0.25) is 19.6 Å². The SMILES string of the molecule is C[C@@H](Sc1nnc([C@H](C)N(C)C)n1-c1ccc(F)cc1)C(=O)NC(=O)Nc1ccccc1. The molecular weight excluding hydrogens is 431 g/mol. The maximum absolute atomic E-state index is 13.5. The van der Waals surface area contributed by atoms with Crippen molar-refractivity contribution in [2.45, 2.75) is 30.3 Å². The Bertz CT molecular complexity index is 1070. The van der Waals surface area contributed by atoms with Gasteiger partial charge in [0.25, 0.3) is 0 Å². The van der Waals surface area contributed by atoms with Crippen LogP contribution in [0.3, 0.4) is 0 Å². The zero-order valence-electron chi connectivity index (χ0n) is 18.2. The molecule has 1 heterocycles. The van der Waals surface area contributed by atoms with E-state index >= 15 is 0 Å². The lowest BCUT2D eigenvalue weighted by atomic mass is 10.2. The number of hydrogen-bond donors (Lipinski definition) is 2. The zero-order chi connectivity index (χ0) is 23.3. The predicted molar refractivity (Wildman–Crippen MR) is 122 cm³/mol. The van der Waals surface area contributed by atoms with Crippen LogP contribution in [0.2, 0.25) is 0 Å². The molecule has 0 fully saturated rings. The Balaban J connectivity index is 1.77. The summed E-state index contributed by atoms with van der Waals surface area (Å²) in [7, 11) is 3.84. The number of imide groups is 1. The summed E-state index contributed by atoms with van der Waals surface area (Å²) < 4.78 is 15.3. The van der Waals surface area contributed by atoms with Crippen molar-refractivity contribution in [1.29, 1.82) is 0 Å². The summed E-state index contributed by atoms with van der Waals surface area (Å²) in [5.74, 6) is -0.173. The lowest BCUT2D eigenvalue weighted by Gasteiger charge is -2.21. The fourth-order valence-electron chi connectivity index (χ4n) is 2.80. The Morgan fingerprint density at radius 1 is 1.03 bits per heavy atom. The number of aromatic nitrogens is 3. The van der Waals surface area contributed by atoms with E-state index < -0.39 is 17.2 Å². The van der Waals surface area contributed by atoms with Crippen LogP contribution in [-0.4, -0.2) is 50.9 Å². The number of urea groups is 1. The molecule has 0 saturated heterocycles. The fraction of sp³-hybridized carbons (Fsp3) is 0.273. The number of carbonyl (C=O) groups is 2. The molecule has 2 N–H and O–H groups in total. The number of rotatable bonds is 7. The molecule has 32 heavy (non-hydrogen) atoms.